The van der Waals surface area contributed by atoms with Gasteiger partial charge in [0.2, 0.25) is 0 Å². The Hall–Kier alpha value is -0.960. The third-order valence-corrected chi connectivity index (χ3v) is 3.39. The molecule has 94 valence electrons. The van der Waals surface area contributed by atoms with E-state index in [0.717, 1.165) is 5.56 Å². The lowest BCUT2D eigenvalue weighted by atomic mass is 10.2. The van der Waals surface area contributed by atoms with E-state index in [1.54, 1.807) is 6.07 Å². The molecule has 0 radical (unpaired) electrons. The second-order valence-corrected chi connectivity index (χ2v) is 4.91. The van der Waals surface area contributed by atoms with Gasteiger partial charge in [-0.25, -0.2) is 4.39 Å². The topological polar surface area (TPSA) is 12.0 Å². The van der Waals surface area contributed by atoms with Gasteiger partial charge in [-0.05, 0) is 23.8 Å². The van der Waals surface area contributed by atoms with E-state index in [4.69, 9.17) is 34.8 Å². The highest BCUT2D eigenvalue weighted by Gasteiger charge is 2.08. The summed E-state index contributed by atoms with van der Waals surface area (Å²) in [6.07, 6.45) is 0. The molecule has 0 fully saturated rings. The van der Waals surface area contributed by atoms with Gasteiger partial charge >= 0.3 is 0 Å². The molecule has 0 saturated carbocycles. The molecule has 18 heavy (non-hydrogen) atoms. The van der Waals surface area contributed by atoms with Crippen molar-refractivity contribution >= 4 is 40.5 Å². The molecule has 0 atom stereocenters. The van der Waals surface area contributed by atoms with Crippen molar-refractivity contribution in [2.45, 2.75) is 6.54 Å². The lowest BCUT2D eigenvalue weighted by Crippen LogP contribution is -2.01. The lowest BCUT2D eigenvalue weighted by Gasteiger charge is -2.11. The molecule has 1 N–H and O–H groups in total. The van der Waals surface area contributed by atoms with Crippen LogP contribution in [-0.4, -0.2) is 0 Å². The molecule has 2 rings (SSSR count). The average molecular weight is 305 g/mol. The molecule has 0 unspecified atom stereocenters. The van der Waals surface area contributed by atoms with Crippen LogP contribution >= 0.6 is 34.8 Å². The molecule has 0 spiro atoms. The van der Waals surface area contributed by atoms with E-state index in [-0.39, 0.29) is 10.0 Å². The van der Waals surface area contributed by atoms with Gasteiger partial charge in [0.05, 0.1) is 15.7 Å². The number of anilines is 1. The zero-order chi connectivity index (χ0) is 13.1. The Morgan fingerprint density at radius 1 is 0.944 bits per heavy atom. The monoisotopic (exact) mass is 303 g/mol. The molecule has 0 aliphatic heterocycles. The quantitative estimate of drug-likeness (QED) is 0.800. The summed E-state index contributed by atoms with van der Waals surface area (Å²) < 4.78 is 13.0. The molecule has 0 aromatic heterocycles. The van der Waals surface area contributed by atoms with Crippen molar-refractivity contribution in [3.63, 3.8) is 0 Å². The van der Waals surface area contributed by atoms with E-state index in [1.807, 2.05) is 18.2 Å². The fourth-order valence-electron chi connectivity index (χ4n) is 1.54. The Bertz CT molecular complexity index is 549. The largest absolute Gasteiger partial charge is 0.378 e. The van der Waals surface area contributed by atoms with Crippen molar-refractivity contribution in [2.24, 2.45) is 0 Å². The third-order valence-electron chi connectivity index (χ3n) is 2.42. The molecule has 0 bridgehead atoms. The first-order valence-corrected chi connectivity index (χ1v) is 6.33. The van der Waals surface area contributed by atoms with Gasteiger partial charge in [-0.3, -0.25) is 0 Å². The van der Waals surface area contributed by atoms with Gasteiger partial charge < -0.3 is 5.32 Å². The van der Waals surface area contributed by atoms with Crippen molar-refractivity contribution in [2.75, 3.05) is 5.32 Å². The van der Waals surface area contributed by atoms with Crippen LogP contribution in [0.4, 0.5) is 10.1 Å². The minimum Gasteiger partial charge on any atom is -0.378 e. The van der Waals surface area contributed by atoms with Crippen LogP contribution < -0.4 is 5.32 Å². The van der Waals surface area contributed by atoms with Gasteiger partial charge in [0.25, 0.3) is 0 Å². The van der Waals surface area contributed by atoms with E-state index >= 15 is 0 Å². The van der Waals surface area contributed by atoms with Gasteiger partial charge in [-0.15, -0.1) is 0 Å². The summed E-state index contributed by atoms with van der Waals surface area (Å²) in [4.78, 5) is 0. The maximum Gasteiger partial charge on any atom is 0.126 e. The molecule has 0 saturated heterocycles. The Balaban J connectivity index is 2.19. The second kappa shape index (κ2) is 5.79. The molecule has 1 nitrogen and oxygen atoms in total. The molecule has 2 aromatic carbocycles. The van der Waals surface area contributed by atoms with Crippen molar-refractivity contribution in [1.82, 2.24) is 0 Å². The SMILES string of the molecule is Fc1cc(Cl)c(NCc2ccccc2Cl)c(Cl)c1. The summed E-state index contributed by atoms with van der Waals surface area (Å²) in [6, 6.07) is 9.85. The van der Waals surface area contributed by atoms with Gasteiger partial charge in [-0.1, -0.05) is 53.0 Å². The van der Waals surface area contributed by atoms with Crippen LogP contribution in [-0.2, 0) is 6.54 Å². The summed E-state index contributed by atoms with van der Waals surface area (Å²) in [7, 11) is 0. The Labute approximate surface area is 119 Å². The summed E-state index contributed by atoms with van der Waals surface area (Å²) in [6.45, 7) is 0.463. The van der Waals surface area contributed by atoms with Crippen LogP contribution in [0, 0.1) is 5.82 Å². The first-order valence-electron chi connectivity index (χ1n) is 5.20. The fourth-order valence-corrected chi connectivity index (χ4v) is 2.33. The van der Waals surface area contributed by atoms with Gasteiger partial charge in [0.15, 0.2) is 0 Å². The number of nitrogens with one attached hydrogen (secondary N) is 1. The molecule has 0 aliphatic rings. The van der Waals surface area contributed by atoms with Crippen LogP contribution in [0.3, 0.4) is 0 Å². The van der Waals surface area contributed by atoms with Gasteiger partial charge in [-0.2, -0.15) is 0 Å². The number of halogens is 4. The van der Waals surface area contributed by atoms with Crippen LogP contribution in [0.1, 0.15) is 5.56 Å². The molecule has 5 heteroatoms. The van der Waals surface area contributed by atoms with Crippen molar-refractivity contribution in [3.05, 3.63) is 62.8 Å². The van der Waals surface area contributed by atoms with E-state index in [0.29, 0.717) is 17.3 Å². The molecular weight excluding hydrogens is 296 g/mol. The molecule has 2 aromatic rings. The first-order chi connectivity index (χ1) is 8.58. The molecule has 0 heterocycles. The number of hydrogen-bond acceptors (Lipinski definition) is 1. The highest BCUT2D eigenvalue weighted by atomic mass is 35.5. The summed E-state index contributed by atoms with van der Waals surface area (Å²) >= 11 is 17.9. The van der Waals surface area contributed by atoms with Crippen LogP contribution in [0.25, 0.3) is 0 Å². The van der Waals surface area contributed by atoms with Gasteiger partial charge in [0, 0.05) is 11.6 Å². The maximum atomic E-state index is 13.0. The van der Waals surface area contributed by atoms with Crippen molar-refractivity contribution < 1.29 is 4.39 Å². The van der Waals surface area contributed by atoms with Crippen LogP contribution in [0.15, 0.2) is 36.4 Å². The van der Waals surface area contributed by atoms with Crippen molar-refractivity contribution in [1.29, 1.82) is 0 Å². The van der Waals surface area contributed by atoms with E-state index in [1.165, 1.54) is 12.1 Å². The Morgan fingerprint density at radius 2 is 1.56 bits per heavy atom. The number of rotatable bonds is 3. The normalized spacial score (nSPS) is 10.4. The Kier molecular flexibility index (Phi) is 4.33. The smallest absolute Gasteiger partial charge is 0.126 e. The molecule has 0 amide bonds. The zero-order valence-electron chi connectivity index (χ0n) is 9.18. The van der Waals surface area contributed by atoms with E-state index < -0.39 is 5.82 Å². The standard InChI is InChI=1S/C13H9Cl3FN/c14-10-4-2-1-3-8(10)7-18-13-11(15)5-9(17)6-12(13)16/h1-6,18H,7H2. The van der Waals surface area contributed by atoms with Crippen molar-refractivity contribution in [3.8, 4) is 0 Å². The zero-order valence-corrected chi connectivity index (χ0v) is 11.5. The first kappa shape index (κ1) is 13.5. The highest BCUT2D eigenvalue weighted by Crippen LogP contribution is 2.32. The van der Waals surface area contributed by atoms with E-state index in [2.05, 4.69) is 5.32 Å². The minimum absolute atomic E-state index is 0.243. The second-order valence-electron chi connectivity index (χ2n) is 3.69. The average Bonchev–Trinajstić information content (AvgIpc) is 2.30. The molecular formula is C13H9Cl3FN. The fraction of sp³-hybridized carbons (Fsp3) is 0.0769. The Morgan fingerprint density at radius 3 is 2.17 bits per heavy atom. The third kappa shape index (κ3) is 3.08. The predicted molar refractivity (Wildman–Crippen MR) is 75.2 cm³/mol. The summed E-state index contributed by atoms with van der Waals surface area (Å²) in [5.74, 6) is -0.465. The predicted octanol–water partition coefficient (Wildman–Crippen LogP) is 5.40. The summed E-state index contributed by atoms with van der Waals surface area (Å²) in [5, 5.41) is 4.19. The highest BCUT2D eigenvalue weighted by molar-refractivity contribution is 6.39. The van der Waals surface area contributed by atoms with Gasteiger partial charge in [0.1, 0.15) is 5.82 Å². The molecule has 0 aliphatic carbocycles. The van der Waals surface area contributed by atoms with Crippen LogP contribution in [0.5, 0.6) is 0 Å². The minimum atomic E-state index is -0.465. The van der Waals surface area contributed by atoms with E-state index in [9.17, 15) is 4.39 Å². The summed E-state index contributed by atoms with van der Waals surface area (Å²) in [5.41, 5.74) is 1.41. The lowest BCUT2D eigenvalue weighted by molar-refractivity contribution is 0.628. The maximum absolute atomic E-state index is 13.0. The number of benzene rings is 2. The van der Waals surface area contributed by atoms with Crippen LogP contribution in [0.2, 0.25) is 15.1 Å². The number of hydrogen-bond donors (Lipinski definition) is 1.